The van der Waals surface area contributed by atoms with Gasteiger partial charge in [0.05, 0.1) is 5.60 Å². The van der Waals surface area contributed by atoms with E-state index in [1.165, 1.54) is 4.90 Å². The van der Waals surface area contributed by atoms with Crippen molar-refractivity contribution in [2.45, 2.75) is 37.6 Å². The van der Waals surface area contributed by atoms with Crippen molar-refractivity contribution in [3.05, 3.63) is 105 Å². The monoisotopic (exact) mass is 535 g/mol. The van der Waals surface area contributed by atoms with Crippen LogP contribution in [0, 0.1) is 0 Å². The number of aliphatic hydroxyl groups excluding tert-OH is 1. The van der Waals surface area contributed by atoms with Crippen molar-refractivity contribution in [3.8, 4) is 0 Å². The number of halogens is 4. The Bertz CT molecular complexity index is 1260. The molecule has 0 aromatic heterocycles. The van der Waals surface area contributed by atoms with Crippen LogP contribution in [-0.4, -0.2) is 40.2 Å². The van der Waals surface area contributed by atoms with E-state index in [4.69, 9.17) is 27.9 Å². The summed E-state index contributed by atoms with van der Waals surface area (Å²) in [5.74, 6) is -4.02. The molecule has 1 atom stereocenters. The maximum absolute atomic E-state index is 14.3. The van der Waals surface area contributed by atoms with Gasteiger partial charge in [-0.15, -0.1) is 0 Å². The van der Waals surface area contributed by atoms with E-state index in [0.29, 0.717) is 32.3 Å². The summed E-state index contributed by atoms with van der Waals surface area (Å²) in [6.07, 6.45) is 0. The predicted octanol–water partition coefficient (Wildman–Crippen LogP) is 5.72. The number of benzene rings is 3. The summed E-state index contributed by atoms with van der Waals surface area (Å²) >= 11 is 12.1. The Balaban J connectivity index is 1.95. The average molecular weight is 536 g/mol. The summed E-state index contributed by atoms with van der Waals surface area (Å²) in [4.78, 5) is 15.2. The lowest BCUT2D eigenvalue weighted by atomic mass is 9.89. The normalized spacial score (nSPS) is 18.0. The molecule has 0 unspecified atom stereocenters. The molecule has 1 aliphatic heterocycles. The minimum Gasteiger partial charge on any atom is -0.390 e. The molecule has 1 amide bonds. The van der Waals surface area contributed by atoms with Crippen molar-refractivity contribution < 1.29 is 28.5 Å². The topological polar surface area (TPSA) is 70.0 Å². The zero-order chi connectivity index (χ0) is 26.3. The van der Waals surface area contributed by atoms with E-state index in [1.807, 2.05) is 0 Å². The first kappa shape index (κ1) is 26.5. The molecule has 0 saturated carbocycles. The zero-order valence-electron chi connectivity index (χ0n) is 19.6. The van der Waals surface area contributed by atoms with Gasteiger partial charge in [-0.25, -0.2) is 8.78 Å². The number of nitrogens with zero attached hydrogens (tertiary/aromatic N) is 1. The summed E-state index contributed by atoms with van der Waals surface area (Å²) in [7, 11) is 0. The largest absolute Gasteiger partial charge is 0.390 e. The lowest BCUT2D eigenvalue weighted by Gasteiger charge is -2.40. The van der Waals surface area contributed by atoms with E-state index < -0.39 is 36.4 Å². The second-order valence-corrected chi connectivity index (χ2v) is 10.2. The van der Waals surface area contributed by atoms with Crippen molar-refractivity contribution in [2.75, 3.05) is 13.2 Å². The first-order valence-electron chi connectivity index (χ1n) is 11.2. The molecule has 0 fully saturated rings. The van der Waals surface area contributed by atoms with Gasteiger partial charge in [0.2, 0.25) is 0 Å². The van der Waals surface area contributed by atoms with E-state index in [9.17, 15) is 23.8 Å². The van der Waals surface area contributed by atoms with Gasteiger partial charge in [-0.05, 0) is 55.3 Å². The zero-order valence-corrected chi connectivity index (χ0v) is 21.2. The molecule has 5 nitrogen and oxygen atoms in total. The Morgan fingerprint density at radius 2 is 1.56 bits per heavy atom. The molecule has 3 aromatic carbocycles. The van der Waals surface area contributed by atoms with Crippen LogP contribution in [0.15, 0.2) is 66.7 Å². The summed E-state index contributed by atoms with van der Waals surface area (Å²) in [6.45, 7) is 0.618. The number of ether oxygens (including phenoxy) is 1. The van der Waals surface area contributed by atoms with Crippen LogP contribution in [0.5, 0.6) is 0 Å². The highest BCUT2D eigenvalue weighted by Crippen LogP contribution is 2.48. The number of alkyl halides is 2. The molecular weight excluding hydrogens is 511 g/mol. The smallest absolute Gasteiger partial charge is 0.293 e. The summed E-state index contributed by atoms with van der Waals surface area (Å²) in [5, 5.41) is 20.7. The Morgan fingerprint density at radius 3 is 2.11 bits per heavy atom. The van der Waals surface area contributed by atoms with Gasteiger partial charge in [-0.1, -0.05) is 59.6 Å². The van der Waals surface area contributed by atoms with Crippen LogP contribution in [0.25, 0.3) is 0 Å². The van der Waals surface area contributed by atoms with Crippen LogP contribution >= 0.6 is 23.2 Å². The predicted molar refractivity (Wildman–Crippen MR) is 133 cm³/mol. The van der Waals surface area contributed by atoms with Crippen molar-refractivity contribution >= 4 is 29.1 Å². The molecule has 0 saturated heterocycles. The van der Waals surface area contributed by atoms with Gasteiger partial charge in [0.25, 0.3) is 11.8 Å². The summed E-state index contributed by atoms with van der Waals surface area (Å²) in [5.41, 5.74) is -0.873. The lowest BCUT2D eigenvalue weighted by Crippen LogP contribution is -2.48. The maximum Gasteiger partial charge on any atom is 0.293 e. The third-order valence-corrected chi connectivity index (χ3v) is 6.66. The van der Waals surface area contributed by atoms with Gasteiger partial charge in [0.15, 0.2) is 5.72 Å². The summed E-state index contributed by atoms with van der Waals surface area (Å²) in [6, 6.07) is 18.0. The van der Waals surface area contributed by atoms with Crippen LogP contribution in [0.1, 0.15) is 46.5 Å². The van der Waals surface area contributed by atoms with Gasteiger partial charge in [-0.2, -0.15) is 0 Å². The Labute approximate surface area is 217 Å². The molecule has 0 bridgehead atoms. The molecule has 0 spiro atoms. The second kappa shape index (κ2) is 9.72. The standard InChI is InChI=1S/C27H25Cl2F2NO4/c1-25(2,35)19-7-12-23-22(13-19)24(34)32(14-17-3-8-20(28)9-4-17)27(23,36-16-26(30,31)15-33)18-5-10-21(29)11-6-18/h3-13,33,35H,14-16H2,1-2H3/t27-/m1/s1. The Hall–Kier alpha value is -2.55. The number of carbonyl (C=O) groups excluding carboxylic acids is 1. The minimum absolute atomic E-state index is 0.00978. The molecular formula is C27H25Cl2F2NO4. The van der Waals surface area contributed by atoms with Crippen molar-refractivity contribution in [1.29, 1.82) is 0 Å². The van der Waals surface area contributed by atoms with Crippen molar-refractivity contribution in [2.24, 2.45) is 0 Å². The molecule has 4 rings (SSSR count). The van der Waals surface area contributed by atoms with Crippen molar-refractivity contribution in [1.82, 2.24) is 4.90 Å². The number of amides is 1. The Kier molecular flexibility index (Phi) is 7.16. The molecule has 1 aliphatic rings. The lowest BCUT2D eigenvalue weighted by molar-refractivity contribution is -0.182. The Morgan fingerprint density at radius 1 is 0.972 bits per heavy atom. The van der Waals surface area contributed by atoms with Crippen molar-refractivity contribution in [3.63, 3.8) is 0 Å². The van der Waals surface area contributed by atoms with Crippen LogP contribution in [0.2, 0.25) is 10.0 Å². The number of fused-ring (bicyclic) bond motifs is 1. The highest BCUT2D eigenvalue weighted by molar-refractivity contribution is 6.30. The number of hydrogen-bond acceptors (Lipinski definition) is 4. The first-order chi connectivity index (χ1) is 16.9. The van der Waals surface area contributed by atoms with E-state index in [2.05, 4.69) is 0 Å². The SMILES string of the molecule is CC(C)(O)c1ccc2c(c1)C(=O)N(Cc1ccc(Cl)cc1)[C@@]2(OCC(F)(F)CO)c1ccc(Cl)cc1. The fourth-order valence-corrected chi connectivity index (χ4v) is 4.52. The van der Waals surface area contributed by atoms with Gasteiger partial charge in [0.1, 0.15) is 13.2 Å². The fourth-order valence-electron chi connectivity index (χ4n) is 4.27. The third kappa shape index (κ3) is 4.99. The van der Waals surface area contributed by atoms with Gasteiger partial charge < -0.3 is 14.9 Å². The summed E-state index contributed by atoms with van der Waals surface area (Å²) < 4.78 is 34.6. The second-order valence-electron chi connectivity index (χ2n) is 9.29. The van der Waals surface area contributed by atoms with Crippen LogP contribution in [0.3, 0.4) is 0 Å². The quantitative estimate of drug-likeness (QED) is 0.387. The van der Waals surface area contributed by atoms with E-state index in [0.717, 1.165) is 0 Å². The molecule has 190 valence electrons. The third-order valence-electron chi connectivity index (χ3n) is 6.16. The maximum atomic E-state index is 14.3. The molecule has 1 heterocycles. The van der Waals surface area contributed by atoms with Gasteiger partial charge in [-0.3, -0.25) is 9.69 Å². The minimum atomic E-state index is -3.55. The van der Waals surface area contributed by atoms with Crippen LogP contribution in [0.4, 0.5) is 8.78 Å². The van der Waals surface area contributed by atoms with Crippen LogP contribution in [-0.2, 0) is 22.6 Å². The number of aliphatic hydroxyl groups is 2. The van der Waals surface area contributed by atoms with E-state index in [1.54, 1.807) is 80.6 Å². The number of hydrogen-bond donors (Lipinski definition) is 2. The highest BCUT2D eigenvalue weighted by Gasteiger charge is 2.53. The molecule has 3 aromatic rings. The molecule has 36 heavy (non-hydrogen) atoms. The number of rotatable bonds is 8. The molecule has 9 heteroatoms. The van der Waals surface area contributed by atoms with Gasteiger partial charge in [0, 0.05) is 33.3 Å². The van der Waals surface area contributed by atoms with Crippen LogP contribution < -0.4 is 0 Å². The van der Waals surface area contributed by atoms with E-state index >= 15 is 0 Å². The van der Waals surface area contributed by atoms with E-state index in [-0.39, 0.29) is 12.1 Å². The molecule has 0 aliphatic carbocycles. The van der Waals surface area contributed by atoms with Gasteiger partial charge >= 0.3 is 0 Å². The fraction of sp³-hybridized carbons (Fsp3) is 0.296. The number of carbonyl (C=O) groups is 1. The highest BCUT2D eigenvalue weighted by atomic mass is 35.5. The molecule has 0 radical (unpaired) electrons. The average Bonchev–Trinajstić information content (AvgIpc) is 3.07. The molecule has 2 N–H and O–H groups in total. The first-order valence-corrected chi connectivity index (χ1v) is 12.0.